The van der Waals surface area contributed by atoms with Crippen molar-refractivity contribution >= 4 is 10.8 Å². The normalized spacial score (nSPS) is 13.6. The summed E-state index contributed by atoms with van der Waals surface area (Å²) in [5, 5.41) is 5.16. The SMILES string of the molecule is CNC(COCC(F)(F)F)c1ccc(C)c2ccccc12. The zero-order valence-corrected chi connectivity index (χ0v) is 12.0. The average Bonchev–Trinajstić information content (AvgIpc) is 2.44. The highest BCUT2D eigenvalue weighted by Crippen LogP contribution is 2.27. The van der Waals surface area contributed by atoms with E-state index in [-0.39, 0.29) is 12.6 Å². The van der Waals surface area contributed by atoms with Crippen LogP contribution in [0, 0.1) is 6.92 Å². The van der Waals surface area contributed by atoms with E-state index >= 15 is 0 Å². The van der Waals surface area contributed by atoms with Gasteiger partial charge in [-0.3, -0.25) is 0 Å². The Bertz CT molecular complexity index is 610. The van der Waals surface area contributed by atoms with E-state index in [2.05, 4.69) is 5.32 Å². The molecule has 0 aliphatic carbocycles. The Morgan fingerprint density at radius 1 is 1.10 bits per heavy atom. The van der Waals surface area contributed by atoms with Crippen molar-refractivity contribution in [2.24, 2.45) is 0 Å². The maximum Gasteiger partial charge on any atom is 0.411 e. The lowest BCUT2D eigenvalue weighted by Crippen LogP contribution is -2.25. The summed E-state index contributed by atoms with van der Waals surface area (Å²) in [6.07, 6.45) is -4.30. The first-order chi connectivity index (χ1) is 9.92. The molecule has 114 valence electrons. The molecule has 1 N–H and O–H groups in total. The van der Waals surface area contributed by atoms with E-state index in [0.29, 0.717) is 0 Å². The quantitative estimate of drug-likeness (QED) is 0.901. The smallest absolute Gasteiger partial charge is 0.370 e. The minimum atomic E-state index is -4.30. The van der Waals surface area contributed by atoms with E-state index in [1.807, 2.05) is 43.3 Å². The third kappa shape index (κ3) is 3.95. The Morgan fingerprint density at radius 3 is 2.38 bits per heavy atom. The van der Waals surface area contributed by atoms with Crippen LogP contribution in [-0.4, -0.2) is 26.4 Å². The van der Waals surface area contributed by atoms with Crippen LogP contribution in [0.25, 0.3) is 10.8 Å². The molecule has 0 heterocycles. The summed E-state index contributed by atoms with van der Waals surface area (Å²) < 4.78 is 41.3. The zero-order chi connectivity index (χ0) is 15.5. The van der Waals surface area contributed by atoms with Crippen LogP contribution in [0.15, 0.2) is 36.4 Å². The molecular weight excluding hydrogens is 279 g/mol. The first-order valence-corrected chi connectivity index (χ1v) is 6.72. The van der Waals surface area contributed by atoms with Crippen LogP contribution >= 0.6 is 0 Å². The first-order valence-electron chi connectivity index (χ1n) is 6.72. The summed E-state index contributed by atoms with van der Waals surface area (Å²) in [5.41, 5.74) is 2.08. The molecule has 0 aromatic heterocycles. The molecule has 2 rings (SSSR count). The van der Waals surface area contributed by atoms with Crippen molar-refractivity contribution < 1.29 is 17.9 Å². The van der Waals surface area contributed by atoms with Crippen molar-refractivity contribution in [3.63, 3.8) is 0 Å². The third-order valence-corrected chi connectivity index (χ3v) is 3.45. The summed E-state index contributed by atoms with van der Waals surface area (Å²) in [5.74, 6) is 0. The molecule has 0 bridgehead atoms. The minimum absolute atomic E-state index is 0.0247. The monoisotopic (exact) mass is 297 g/mol. The van der Waals surface area contributed by atoms with Crippen LogP contribution in [0.2, 0.25) is 0 Å². The van der Waals surface area contributed by atoms with Crippen molar-refractivity contribution in [3.05, 3.63) is 47.5 Å². The van der Waals surface area contributed by atoms with Crippen molar-refractivity contribution in [3.8, 4) is 0 Å². The molecule has 0 saturated heterocycles. The largest absolute Gasteiger partial charge is 0.411 e. The van der Waals surface area contributed by atoms with E-state index in [1.165, 1.54) is 0 Å². The van der Waals surface area contributed by atoms with Crippen molar-refractivity contribution in [2.45, 2.75) is 19.1 Å². The number of aryl methyl sites for hydroxylation is 1. The molecule has 0 spiro atoms. The molecule has 1 unspecified atom stereocenters. The highest BCUT2D eigenvalue weighted by molar-refractivity contribution is 5.88. The fraction of sp³-hybridized carbons (Fsp3) is 0.375. The molecule has 2 aromatic carbocycles. The molecule has 0 aliphatic heterocycles. The van der Waals surface area contributed by atoms with E-state index < -0.39 is 12.8 Å². The van der Waals surface area contributed by atoms with Gasteiger partial charge in [-0.15, -0.1) is 0 Å². The number of benzene rings is 2. The molecule has 0 aliphatic rings. The van der Waals surface area contributed by atoms with Gasteiger partial charge in [0.05, 0.1) is 12.6 Å². The summed E-state index contributed by atoms with van der Waals surface area (Å²) in [4.78, 5) is 0. The maximum absolute atomic E-state index is 12.2. The van der Waals surface area contributed by atoms with Crippen LogP contribution in [0.1, 0.15) is 17.2 Å². The van der Waals surface area contributed by atoms with Crippen molar-refractivity contribution in [1.29, 1.82) is 0 Å². The Balaban J connectivity index is 2.24. The Kier molecular flexibility index (Phi) is 4.85. The standard InChI is InChI=1S/C16H18F3NO/c1-11-7-8-14(13-6-4-3-5-12(11)13)15(20-2)9-21-10-16(17,18)19/h3-8,15,20H,9-10H2,1-2H3. The average molecular weight is 297 g/mol. The summed E-state index contributed by atoms with van der Waals surface area (Å²) in [7, 11) is 1.72. The van der Waals surface area contributed by atoms with Gasteiger partial charge in [-0.1, -0.05) is 36.4 Å². The number of alkyl halides is 3. The second-order valence-corrected chi connectivity index (χ2v) is 4.99. The van der Waals surface area contributed by atoms with Gasteiger partial charge in [-0.05, 0) is 35.9 Å². The Morgan fingerprint density at radius 2 is 1.76 bits per heavy atom. The fourth-order valence-electron chi connectivity index (χ4n) is 2.40. The second kappa shape index (κ2) is 6.45. The van der Waals surface area contributed by atoms with Crippen LogP contribution in [0.5, 0.6) is 0 Å². The molecule has 0 amide bonds. The Labute approximate surface area is 121 Å². The van der Waals surface area contributed by atoms with E-state index in [9.17, 15) is 13.2 Å². The third-order valence-electron chi connectivity index (χ3n) is 3.45. The maximum atomic E-state index is 12.2. The molecule has 21 heavy (non-hydrogen) atoms. The summed E-state index contributed by atoms with van der Waals surface area (Å²) in [6.45, 7) is 0.763. The van der Waals surface area contributed by atoms with Gasteiger partial charge in [0.15, 0.2) is 0 Å². The van der Waals surface area contributed by atoms with Gasteiger partial charge in [0.1, 0.15) is 6.61 Å². The van der Waals surface area contributed by atoms with Crippen LogP contribution in [0.4, 0.5) is 13.2 Å². The van der Waals surface area contributed by atoms with Crippen LogP contribution in [-0.2, 0) is 4.74 Å². The number of likely N-dealkylation sites (N-methyl/N-ethyl adjacent to an activating group) is 1. The molecule has 2 nitrogen and oxygen atoms in total. The molecule has 5 heteroatoms. The van der Waals surface area contributed by atoms with Gasteiger partial charge in [-0.25, -0.2) is 0 Å². The molecule has 0 saturated carbocycles. The highest BCUT2D eigenvalue weighted by atomic mass is 19.4. The lowest BCUT2D eigenvalue weighted by atomic mass is 9.96. The zero-order valence-electron chi connectivity index (χ0n) is 12.0. The lowest BCUT2D eigenvalue weighted by molar-refractivity contribution is -0.175. The van der Waals surface area contributed by atoms with Gasteiger partial charge in [0.25, 0.3) is 0 Å². The van der Waals surface area contributed by atoms with E-state index in [4.69, 9.17) is 4.74 Å². The first kappa shape index (κ1) is 15.8. The van der Waals surface area contributed by atoms with Gasteiger partial charge >= 0.3 is 6.18 Å². The fourth-order valence-corrected chi connectivity index (χ4v) is 2.40. The van der Waals surface area contributed by atoms with Crippen LogP contribution < -0.4 is 5.32 Å². The lowest BCUT2D eigenvalue weighted by Gasteiger charge is -2.20. The Hall–Kier alpha value is -1.59. The molecule has 0 fully saturated rings. The highest BCUT2D eigenvalue weighted by Gasteiger charge is 2.28. The molecule has 2 aromatic rings. The van der Waals surface area contributed by atoms with Gasteiger partial charge in [0, 0.05) is 0 Å². The second-order valence-electron chi connectivity index (χ2n) is 4.99. The molecular formula is C16H18F3NO. The predicted octanol–water partition coefficient (Wildman–Crippen LogP) is 3.99. The molecule has 1 atom stereocenters. The number of hydrogen-bond acceptors (Lipinski definition) is 2. The summed E-state index contributed by atoms with van der Waals surface area (Å²) in [6, 6.07) is 11.5. The summed E-state index contributed by atoms with van der Waals surface area (Å²) >= 11 is 0. The van der Waals surface area contributed by atoms with Gasteiger partial charge in [0.2, 0.25) is 0 Å². The number of halogens is 3. The minimum Gasteiger partial charge on any atom is -0.370 e. The number of nitrogens with one attached hydrogen (secondary N) is 1. The van der Waals surface area contributed by atoms with Gasteiger partial charge < -0.3 is 10.1 Å². The number of ether oxygens (including phenoxy) is 1. The number of fused-ring (bicyclic) bond motifs is 1. The predicted molar refractivity (Wildman–Crippen MR) is 77.4 cm³/mol. The van der Waals surface area contributed by atoms with E-state index in [1.54, 1.807) is 7.05 Å². The van der Waals surface area contributed by atoms with Crippen molar-refractivity contribution in [1.82, 2.24) is 5.32 Å². The van der Waals surface area contributed by atoms with E-state index in [0.717, 1.165) is 21.9 Å². The number of hydrogen-bond donors (Lipinski definition) is 1. The molecule has 0 radical (unpaired) electrons. The van der Waals surface area contributed by atoms with Crippen LogP contribution in [0.3, 0.4) is 0 Å². The topological polar surface area (TPSA) is 21.3 Å². The van der Waals surface area contributed by atoms with Gasteiger partial charge in [-0.2, -0.15) is 13.2 Å². The van der Waals surface area contributed by atoms with Crippen molar-refractivity contribution in [2.75, 3.05) is 20.3 Å². The number of rotatable bonds is 5.